The van der Waals surface area contributed by atoms with Gasteiger partial charge >= 0.3 is 0 Å². The Balaban J connectivity index is 1.89. The van der Waals surface area contributed by atoms with E-state index in [9.17, 15) is 15.4 Å². The standard InChI is InChI=1S/C18H14N4O3/c1-13-17(11-19)18(21(20-13)14-5-3-2-4-6-14)12-25-16-9-7-15(8-10-16)22(23)24/h2-10H,12H2,1H3. The maximum atomic E-state index is 10.7. The van der Waals surface area contributed by atoms with Gasteiger partial charge in [-0.05, 0) is 31.2 Å². The average molecular weight is 334 g/mol. The van der Waals surface area contributed by atoms with Crippen LogP contribution < -0.4 is 4.74 Å². The number of non-ortho nitro benzene ring substituents is 1. The van der Waals surface area contributed by atoms with Crippen LogP contribution in [0.25, 0.3) is 5.69 Å². The van der Waals surface area contributed by atoms with Crippen LogP contribution in [0.1, 0.15) is 17.0 Å². The predicted octanol–water partition coefficient (Wildman–Crippen LogP) is 3.54. The third kappa shape index (κ3) is 3.33. The lowest BCUT2D eigenvalue weighted by molar-refractivity contribution is -0.384. The maximum Gasteiger partial charge on any atom is 0.269 e. The van der Waals surface area contributed by atoms with Crippen LogP contribution in [0.4, 0.5) is 5.69 Å². The highest BCUT2D eigenvalue weighted by Gasteiger charge is 2.17. The fourth-order valence-corrected chi connectivity index (χ4v) is 2.45. The first kappa shape index (κ1) is 16.2. The van der Waals surface area contributed by atoms with Gasteiger partial charge in [0.2, 0.25) is 0 Å². The Morgan fingerprint density at radius 2 is 1.88 bits per heavy atom. The van der Waals surface area contributed by atoms with Crippen LogP contribution in [0.3, 0.4) is 0 Å². The van der Waals surface area contributed by atoms with Gasteiger partial charge in [0.05, 0.1) is 22.0 Å². The number of aryl methyl sites for hydroxylation is 1. The lowest BCUT2D eigenvalue weighted by atomic mass is 10.2. The zero-order valence-corrected chi connectivity index (χ0v) is 13.4. The molecule has 2 aromatic carbocycles. The van der Waals surface area contributed by atoms with E-state index in [1.165, 1.54) is 24.3 Å². The molecule has 0 saturated carbocycles. The van der Waals surface area contributed by atoms with E-state index in [0.29, 0.717) is 22.7 Å². The molecule has 25 heavy (non-hydrogen) atoms. The van der Waals surface area contributed by atoms with Gasteiger partial charge in [0.25, 0.3) is 5.69 Å². The molecule has 0 aliphatic rings. The van der Waals surface area contributed by atoms with E-state index in [0.717, 1.165) is 5.69 Å². The average Bonchev–Trinajstić information content (AvgIpc) is 2.96. The molecule has 7 heteroatoms. The predicted molar refractivity (Wildman–Crippen MR) is 90.4 cm³/mol. The molecule has 0 saturated heterocycles. The van der Waals surface area contributed by atoms with Crippen molar-refractivity contribution in [3.05, 3.63) is 81.7 Å². The van der Waals surface area contributed by atoms with Crippen molar-refractivity contribution < 1.29 is 9.66 Å². The third-order valence-electron chi connectivity index (χ3n) is 3.69. The summed E-state index contributed by atoms with van der Waals surface area (Å²) in [6.45, 7) is 1.89. The summed E-state index contributed by atoms with van der Waals surface area (Å²) in [5.41, 5.74) is 2.54. The Morgan fingerprint density at radius 3 is 2.48 bits per heavy atom. The Morgan fingerprint density at radius 1 is 1.20 bits per heavy atom. The molecule has 0 aliphatic carbocycles. The molecular weight excluding hydrogens is 320 g/mol. The van der Waals surface area contributed by atoms with Crippen LogP contribution >= 0.6 is 0 Å². The number of nitro benzene ring substituents is 1. The molecule has 0 bridgehead atoms. The molecule has 3 rings (SSSR count). The number of benzene rings is 2. The van der Waals surface area contributed by atoms with Gasteiger partial charge in [-0.1, -0.05) is 18.2 Å². The Hall–Kier alpha value is -3.66. The lowest BCUT2D eigenvalue weighted by Gasteiger charge is -2.09. The molecule has 0 amide bonds. The van der Waals surface area contributed by atoms with Crippen molar-refractivity contribution in [3.63, 3.8) is 0 Å². The summed E-state index contributed by atoms with van der Waals surface area (Å²) in [5, 5.41) is 24.5. The molecule has 0 radical (unpaired) electrons. The van der Waals surface area contributed by atoms with Crippen LogP contribution in [0.5, 0.6) is 5.75 Å². The highest BCUT2D eigenvalue weighted by Crippen LogP contribution is 2.22. The first-order valence-electron chi connectivity index (χ1n) is 7.51. The number of nitrogens with zero attached hydrogens (tertiary/aromatic N) is 4. The molecule has 0 aliphatic heterocycles. The van der Waals surface area contributed by atoms with Gasteiger partial charge in [-0.2, -0.15) is 10.4 Å². The van der Waals surface area contributed by atoms with Gasteiger partial charge in [-0.25, -0.2) is 4.68 Å². The van der Waals surface area contributed by atoms with Crippen molar-refractivity contribution in [2.75, 3.05) is 0 Å². The first-order valence-corrected chi connectivity index (χ1v) is 7.51. The van der Waals surface area contributed by atoms with Gasteiger partial charge in [-0.15, -0.1) is 0 Å². The van der Waals surface area contributed by atoms with E-state index < -0.39 is 4.92 Å². The minimum absolute atomic E-state index is 0.00441. The number of ether oxygens (including phenoxy) is 1. The van der Waals surface area contributed by atoms with Gasteiger partial charge in [0, 0.05) is 12.1 Å². The van der Waals surface area contributed by atoms with Crippen LogP contribution in [-0.4, -0.2) is 14.7 Å². The van der Waals surface area contributed by atoms with Crippen molar-refractivity contribution in [2.45, 2.75) is 13.5 Å². The first-order chi connectivity index (χ1) is 12.1. The summed E-state index contributed by atoms with van der Waals surface area (Å²) in [6.07, 6.45) is 0. The lowest BCUT2D eigenvalue weighted by Crippen LogP contribution is -2.07. The smallest absolute Gasteiger partial charge is 0.269 e. The van der Waals surface area contributed by atoms with E-state index in [2.05, 4.69) is 11.2 Å². The van der Waals surface area contributed by atoms with E-state index >= 15 is 0 Å². The van der Waals surface area contributed by atoms with Crippen molar-refractivity contribution in [3.8, 4) is 17.5 Å². The van der Waals surface area contributed by atoms with Gasteiger partial charge in [0.15, 0.2) is 0 Å². The maximum absolute atomic E-state index is 10.7. The Kier molecular flexibility index (Phi) is 4.44. The largest absolute Gasteiger partial charge is 0.487 e. The fourth-order valence-electron chi connectivity index (χ4n) is 2.45. The molecule has 0 unspecified atom stereocenters. The summed E-state index contributed by atoms with van der Waals surface area (Å²) >= 11 is 0. The fraction of sp³-hybridized carbons (Fsp3) is 0.111. The second kappa shape index (κ2) is 6.84. The molecule has 0 N–H and O–H groups in total. The van der Waals surface area contributed by atoms with Crippen molar-refractivity contribution in [1.82, 2.24) is 9.78 Å². The second-order valence-electron chi connectivity index (χ2n) is 5.31. The molecule has 124 valence electrons. The summed E-state index contributed by atoms with van der Waals surface area (Å²) < 4.78 is 7.39. The monoisotopic (exact) mass is 334 g/mol. The summed E-state index contributed by atoms with van der Waals surface area (Å²) in [7, 11) is 0. The molecular formula is C18H14N4O3. The van der Waals surface area contributed by atoms with E-state index in [1.807, 2.05) is 30.3 Å². The summed E-state index contributed by atoms with van der Waals surface area (Å²) in [5.74, 6) is 0.480. The molecule has 0 spiro atoms. The molecule has 3 aromatic rings. The molecule has 0 fully saturated rings. The van der Waals surface area contributed by atoms with Crippen molar-refractivity contribution in [1.29, 1.82) is 5.26 Å². The highest BCUT2D eigenvalue weighted by atomic mass is 16.6. The van der Waals surface area contributed by atoms with E-state index in [4.69, 9.17) is 4.74 Å². The number of nitriles is 1. The quantitative estimate of drug-likeness (QED) is 0.525. The van der Waals surface area contributed by atoms with Gasteiger partial charge in [-0.3, -0.25) is 10.1 Å². The topological polar surface area (TPSA) is 94.0 Å². The molecule has 1 aromatic heterocycles. The molecule has 0 atom stereocenters. The highest BCUT2D eigenvalue weighted by molar-refractivity contribution is 5.43. The number of para-hydroxylation sites is 1. The SMILES string of the molecule is Cc1nn(-c2ccccc2)c(COc2ccc([N+](=O)[O-])cc2)c1C#N. The van der Waals surface area contributed by atoms with E-state index in [1.54, 1.807) is 11.6 Å². The normalized spacial score (nSPS) is 10.2. The second-order valence-corrected chi connectivity index (χ2v) is 5.31. The number of nitro groups is 1. The molecule has 7 nitrogen and oxygen atoms in total. The van der Waals surface area contributed by atoms with Crippen molar-refractivity contribution in [2.24, 2.45) is 0 Å². The van der Waals surface area contributed by atoms with Crippen LogP contribution in [0, 0.1) is 28.4 Å². The van der Waals surface area contributed by atoms with Crippen LogP contribution in [0.2, 0.25) is 0 Å². The van der Waals surface area contributed by atoms with Crippen LogP contribution in [-0.2, 0) is 6.61 Å². The number of hydrogen-bond donors (Lipinski definition) is 0. The number of rotatable bonds is 5. The van der Waals surface area contributed by atoms with Crippen molar-refractivity contribution >= 4 is 5.69 Å². The van der Waals surface area contributed by atoms with Crippen LogP contribution in [0.15, 0.2) is 54.6 Å². The van der Waals surface area contributed by atoms with E-state index in [-0.39, 0.29) is 12.3 Å². The summed E-state index contributed by atoms with van der Waals surface area (Å²) in [6, 6.07) is 17.4. The zero-order valence-electron chi connectivity index (χ0n) is 13.4. The summed E-state index contributed by atoms with van der Waals surface area (Å²) in [4.78, 5) is 10.2. The zero-order chi connectivity index (χ0) is 17.8. The number of hydrogen-bond acceptors (Lipinski definition) is 5. The minimum Gasteiger partial charge on any atom is -0.487 e. The molecule has 1 heterocycles. The minimum atomic E-state index is -0.467. The Labute approximate surface area is 143 Å². The third-order valence-corrected chi connectivity index (χ3v) is 3.69. The number of aromatic nitrogens is 2. The van der Waals surface area contributed by atoms with Gasteiger partial charge in [0.1, 0.15) is 24.0 Å². The van der Waals surface area contributed by atoms with Gasteiger partial charge < -0.3 is 4.74 Å². The Bertz CT molecular complexity index is 941.